The van der Waals surface area contributed by atoms with Crippen molar-refractivity contribution in [2.45, 2.75) is 26.9 Å². The molecule has 2 aromatic carbocycles. The Balaban J connectivity index is 2.25. The molecule has 0 bridgehead atoms. The minimum absolute atomic E-state index is 0.0829. The topological polar surface area (TPSA) is 34.6 Å². The maximum atomic E-state index is 9.53. The molecule has 114 valence electrons. The van der Waals surface area contributed by atoms with Gasteiger partial charge in [0, 0.05) is 12.7 Å². The number of benzene rings is 2. The van der Waals surface area contributed by atoms with E-state index in [-0.39, 0.29) is 6.17 Å². The number of hydrogen-bond acceptors (Lipinski definition) is 3. The first-order valence-corrected chi connectivity index (χ1v) is 7.53. The first-order chi connectivity index (χ1) is 11.0. The fourth-order valence-electron chi connectivity index (χ4n) is 3.29. The van der Waals surface area contributed by atoms with Gasteiger partial charge in [-0.1, -0.05) is 23.8 Å². The number of nitriles is 1. The van der Waals surface area contributed by atoms with Crippen molar-refractivity contribution in [3.63, 3.8) is 0 Å². The van der Waals surface area contributed by atoms with Gasteiger partial charge in [-0.15, -0.1) is 0 Å². The molecule has 0 radical (unpaired) electrons. The maximum Gasteiger partial charge on any atom is 0.206 e. The van der Waals surface area contributed by atoms with E-state index < -0.39 is 0 Å². The van der Waals surface area contributed by atoms with Crippen molar-refractivity contribution in [3.8, 4) is 6.07 Å². The first kappa shape index (κ1) is 14.9. The number of hydrogen-bond donors (Lipinski definition) is 0. The number of aryl methyl sites for hydroxylation is 2. The molecule has 0 unspecified atom stereocenters. The first-order valence-electron chi connectivity index (χ1n) is 7.53. The van der Waals surface area contributed by atoms with Crippen LogP contribution in [0.5, 0.6) is 0 Å². The van der Waals surface area contributed by atoms with Crippen molar-refractivity contribution < 1.29 is 0 Å². The highest BCUT2D eigenvalue weighted by molar-refractivity contribution is 5.91. The van der Waals surface area contributed by atoms with E-state index in [9.17, 15) is 5.26 Å². The van der Waals surface area contributed by atoms with Gasteiger partial charge < -0.3 is 9.80 Å². The molecule has 4 heteroatoms. The Bertz CT molecular complexity index is 870. The molecule has 2 aromatic rings. The number of fused-ring (bicyclic) bond motifs is 1. The van der Waals surface area contributed by atoms with Crippen molar-refractivity contribution in [2.75, 3.05) is 16.8 Å². The molecule has 0 N–H and O–H groups in total. The summed E-state index contributed by atoms with van der Waals surface area (Å²) < 4.78 is 0. The predicted molar refractivity (Wildman–Crippen MR) is 93.3 cm³/mol. The Hall–Kier alpha value is -2.98. The molecule has 1 aliphatic rings. The van der Waals surface area contributed by atoms with Gasteiger partial charge in [0.2, 0.25) is 5.69 Å². The third kappa shape index (κ3) is 2.12. The van der Waals surface area contributed by atoms with Gasteiger partial charge in [0.1, 0.15) is 6.17 Å². The lowest BCUT2D eigenvalue weighted by Gasteiger charge is -2.29. The summed E-state index contributed by atoms with van der Waals surface area (Å²) in [7, 11) is 1.97. The zero-order valence-corrected chi connectivity index (χ0v) is 13.8. The fraction of sp³-hybridized carbons (Fsp3) is 0.263. The van der Waals surface area contributed by atoms with Crippen LogP contribution in [0.1, 0.15) is 23.6 Å². The lowest BCUT2D eigenvalue weighted by atomic mass is 10.1. The maximum absolute atomic E-state index is 9.53. The van der Waals surface area contributed by atoms with Crippen molar-refractivity contribution >= 4 is 22.7 Å². The highest BCUT2D eigenvalue weighted by Gasteiger charge is 2.35. The summed E-state index contributed by atoms with van der Waals surface area (Å²) in [4.78, 5) is 7.79. The predicted octanol–water partition coefficient (Wildman–Crippen LogP) is 4.66. The summed E-state index contributed by atoms with van der Waals surface area (Å²) in [6, 6.07) is 12.3. The molecule has 0 amide bonds. The minimum Gasteiger partial charge on any atom is -0.352 e. The Morgan fingerprint density at radius 3 is 2.48 bits per heavy atom. The van der Waals surface area contributed by atoms with Gasteiger partial charge in [-0.2, -0.15) is 5.26 Å². The van der Waals surface area contributed by atoms with Crippen LogP contribution < -0.4 is 9.80 Å². The quantitative estimate of drug-likeness (QED) is 0.719. The molecule has 0 saturated heterocycles. The van der Waals surface area contributed by atoms with Crippen LogP contribution in [0.4, 0.5) is 22.7 Å². The van der Waals surface area contributed by atoms with Gasteiger partial charge in [-0.05, 0) is 38.5 Å². The Labute approximate surface area is 137 Å². The number of anilines is 3. The molecule has 4 nitrogen and oxygen atoms in total. The second-order valence-electron chi connectivity index (χ2n) is 5.95. The summed E-state index contributed by atoms with van der Waals surface area (Å²) in [5, 5.41) is 9.53. The highest BCUT2D eigenvalue weighted by Crippen LogP contribution is 2.48. The van der Waals surface area contributed by atoms with E-state index in [0.717, 1.165) is 17.1 Å². The molecule has 0 aliphatic carbocycles. The molecule has 0 spiro atoms. The van der Waals surface area contributed by atoms with E-state index in [2.05, 4.69) is 59.7 Å². The van der Waals surface area contributed by atoms with Crippen LogP contribution >= 0.6 is 0 Å². The average molecular weight is 302 g/mol. The second-order valence-corrected chi connectivity index (χ2v) is 5.95. The van der Waals surface area contributed by atoms with E-state index in [1.54, 1.807) is 6.07 Å². The third-order valence-electron chi connectivity index (χ3n) is 4.53. The van der Waals surface area contributed by atoms with E-state index in [0.29, 0.717) is 11.3 Å². The van der Waals surface area contributed by atoms with Crippen LogP contribution in [0.3, 0.4) is 0 Å². The largest absolute Gasteiger partial charge is 0.352 e. The smallest absolute Gasteiger partial charge is 0.206 e. The van der Waals surface area contributed by atoms with Gasteiger partial charge in [0.05, 0.1) is 29.6 Å². The molecule has 0 saturated carbocycles. The van der Waals surface area contributed by atoms with Gasteiger partial charge in [0.15, 0.2) is 0 Å². The minimum atomic E-state index is 0.0829. The van der Waals surface area contributed by atoms with Crippen LogP contribution in [0.25, 0.3) is 4.85 Å². The summed E-state index contributed by atoms with van der Waals surface area (Å²) in [6.45, 7) is 13.6. The van der Waals surface area contributed by atoms with Gasteiger partial charge in [-0.3, -0.25) is 0 Å². The zero-order chi connectivity index (χ0) is 16.7. The zero-order valence-electron chi connectivity index (χ0n) is 13.8. The molecule has 1 aliphatic heterocycles. The van der Waals surface area contributed by atoms with Crippen molar-refractivity contribution in [3.05, 3.63) is 58.4 Å². The van der Waals surface area contributed by atoms with E-state index in [1.807, 2.05) is 13.1 Å². The van der Waals surface area contributed by atoms with Gasteiger partial charge in [0.25, 0.3) is 0 Å². The molecule has 3 rings (SSSR count). The van der Waals surface area contributed by atoms with Crippen LogP contribution in [-0.2, 0) is 0 Å². The summed E-state index contributed by atoms with van der Waals surface area (Å²) in [5.74, 6) is 0. The molecular weight excluding hydrogens is 284 g/mol. The Morgan fingerprint density at radius 2 is 1.87 bits per heavy atom. The third-order valence-corrected chi connectivity index (χ3v) is 4.53. The lowest BCUT2D eigenvalue weighted by molar-refractivity contribution is 0.732. The molecule has 1 heterocycles. The van der Waals surface area contributed by atoms with E-state index >= 15 is 0 Å². The summed E-state index contributed by atoms with van der Waals surface area (Å²) >= 11 is 0. The summed E-state index contributed by atoms with van der Waals surface area (Å²) in [6.07, 6.45) is 0.0829. The van der Waals surface area contributed by atoms with E-state index in [1.165, 1.54) is 11.1 Å². The van der Waals surface area contributed by atoms with Crippen molar-refractivity contribution in [2.24, 2.45) is 0 Å². The highest BCUT2D eigenvalue weighted by atomic mass is 15.4. The number of rotatable bonds is 1. The monoisotopic (exact) mass is 302 g/mol. The Morgan fingerprint density at radius 1 is 1.17 bits per heavy atom. The van der Waals surface area contributed by atoms with Crippen LogP contribution in [0.2, 0.25) is 0 Å². The van der Waals surface area contributed by atoms with Crippen LogP contribution in [0.15, 0.2) is 30.3 Å². The normalized spacial score (nSPS) is 16.0. The number of nitrogens with zero attached hydrogens (tertiary/aromatic N) is 4. The fourth-order valence-corrected chi connectivity index (χ4v) is 3.29. The lowest BCUT2D eigenvalue weighted by Crippen LogP contribution is -2.36. The molecule has 0 aromatic heterocycles. The molecule has 1 atom stereocenters. The van der Waals surface area contributed by atoms with Crippen LogP contribution in [-0.4, -0.2) is 13.2 Å². The summed E-state index contributed by atoms with van der Waals surface area (Å²) in [5.41, 5.74) is 6.25. The van der Waals surface area contributed by atoms with Crippen LogP contribution in [0, 0.1) is 31.8 Å². The molecule has 23 heavy (non-hydrogen) atoms. The second kappa shape index (κ2) is 5.34. The van der Waals surface area contributed by atoms with Gasteiger partial charge >= 0.3 is 0 Å². The molecule has 0 fully saturated rings. The van der Waals surface area contributed by atoms with Crippen molar-refractivity contribution in [1.82, 2.24) is 0 Å². The van der Waals surface area contributed by atoms with E-state index in [4.69, 9.17) is 6.57 Å². The molecular formula is C19H18N4. The standard InChI is InChI=1S/C19H18N4/c1-12-6-8-17(13(2)10-12)23-14(3)22(5)19-15(11-20)16(21-4)7-9-18(19)23/h6-10,14H,1-3,5H3/t14-/m0/s1. The van der Waals surface area contributed by atoms with Gasteiger partial charge in [-0.25, -0.2) is 4.85 Å². The SMILES string of the molecule is [C-]#[N+]c1ccc2c(c1C#N)N(C)[C@H](C)N2c1ccc(C)cc1C. The Kier molecular flexibility index (Phi) is 3.47. The van der Waals surface area contributed by atoms with Crippen molar-refractivity contribution in [1.29, 1.82) is 5.26 Å². The average Bonchev–Trinajstić information content (AvgIpc) is 2.79.